The third-order valence-corrected chi connectivity index (χ3v) is 4.71. The Morgan fingerprint density at radius 3 is 2.36 bits per heavy atom. The van der Waals surface area contributed by atoms with E-state index in [1.165, 1.54) is 12.4 Å². The summed E-state index contributed by atoms with van der Waals surface area (Å²) in [5, 5.41) is 2.72. The van der Waals surface area contributed by atoms with Crippen LogP contribution in [-0.2, 0) is 11.6 Å². The molecule has 0 aliphatic heterocycles. The molecule has 3 aromatic rings. The Balaban J connectivity index is 1.95. The molecule has 2 aromatic heterocycles. The van der Waals surface area contributed by atoms with Gasteiger partial charge < -0.3 is 15.8 Å². The van der Waals surface area contributed by atoms with Gasteiger partial charge in [0.25, 0.3) is 5.91 Å². The third kappa shape index (κ3) is 5.88. The normalized spacial score (nSPS) is 11.7. The number of halogens is 3. The number of aromatic nitrogens is 2. The zero-order chi connectivity index (χ0) is 24.4. The fourth-order valence-electron chi connectivity index (χ4n) is 2.88. The van der Waals surface area contributed by atoms with E-state index in [1.54, 1.807) is 24.3 Å². The number of benzene rings is 1. The van der Waals surface area contributed by atoms with Crippen molar-refractivity contribution in [2.45, 2.75) is 32.4 Å². The van der Waals surface area contributed by atoms with E-state index in [4.69, 9.17) is 10.5 Å². The molecule has 0 spiro atoms. The highest BCUT2D eigenvalue weighted by atomic mass is 19.4. The first kappa shape index (κ1) is 23.8. The zero-order valence-electron chi connectivity index (χ0n) is 18.3. The van der Waals surface area contributed by atoms with Crippen LogP contribution in [0, 0.1) is 0 Å². The van der Waals surface area contributed by atoms with E-state index < -0.39 is 17.8 Å². The predicted octanol–water partition coefficient (Wildman–Crippen LogP) is 5.77. The zero-order valence-corrected chi connectivity index (χ0v) is 18.3. The standard InChI is InChI=1S/C24H23F3N4O2/c1-14(28)15-9-17(12-29-11-15)31-22(32)19-7-5-16(23(2,3)4)10-20(19)33-18-6-8-21(30-13-18)24(25,26)27/h5-13H,1,28H2,2-4H3,(H,31,32). The molecule has 0 aliphatic rings. The van der Waals surface area contributed by atoms with E-state index in [0.717, 1.165) is 23.9 Å². The number of alkyl halides is 3. The fraction of sp³-hybridized carbons (Fsp3) is 0.208. The van der Waals surface area contributed by atoms with Gasteiger partial charge in [-0.05, 0) is 41.3 Å². The molecule has 0 bridgehead atoms. The first-order valence-corrected chi connectivity index (χ1v) is 9.91. The van der Waals surface area contributed by atoms with Crippen molar-refractivity contribution in [3.8, 4) is 11.5 Å². The Bertz CT molecular complexity index is 1180. The lowest BCUT2D eigenvalue weighted by atomic mass is 9.86. The minimum absolute atomic E-state index is 0.0613. The van der Waals surface area contributed by atoms with E-state index in [1.807, 2.05) is 20.8 Å². The molecular weight excluding hydrogens is 433 g/mol. The minimum Gasteiger partial charge on any atom is -0.455 e. The van der Waals surface area contributed by atoms with Gasteiger partial charge >= 0.3 is 6.18 Å². The van der Waals surface area contributed by atoms with Crippen LogP contribution in [0.5, 0.6) is 11.5 Å². The molecule has 2 heterocycles. The molecule has 172 valence electrons. The van der Waals surface area contributed by atoms with Crippen LogP contribution in [0.25, 0.3) is 5.70 Å². The SMILES string of the molecule is C=C(N)c1cncc(NC(=O)c2ccc(C(C)(C)C)cc2Oc2ccc(C(F)(F)F)nc2)c1. The number of carbonyl (C=O) groups excluding carboxylic acids is 1. The molecule has 6 nitrogen and oxygen atoms in total. The van der Waals surface area contributed by atoms with Crippen LogP contribution < -0.4 is 15.8 Å². The van der Waals surface area contributed by atoms with Crippen LogP contribution >= 0.6 is 0 Å². The van der Waals surface area contributed by atoms with Gasteiger partial charge in [0.2, 0.25) is 0 Å². The molecule has 3 rings (SSSR count). The average molecular weight is 456 g/mol. The number of rotatable bonds is 5. The monoisotopic (exact) mass is 456 g/mol. The Kier molecular flexibility index (Phi) is 6.44. The van der Waals surface area contributed by atoms with E-state index >= 15 is 0 Å². The van der Waals surface area contributed by atoms with Gasteiger partial charge in [-0.1, -0.05) is 33.4 Å². The number of nitrogens with two attached hydrogens (primary N) is 1. The molecule has 33 heavy (non-hydrogen) atoms. The van der Waals surface area contributed by atoms with E-state index in [9.17, 15) is 18.0 Å². The van der Waals surface area contributed by atoms with Gasteiger partial charge in [0.05, 0.1) is 23.6 Å². The lowest BCUT2D eigenvalue weighted by Gasteiger charge is -2.21. The maximum atomic E-state index is 13.0. The molecule has 0 saturated heterocycles. The molecule has 3 N–H and O–H groups in total. The van der Waals surface area contributed by atoms with Gasteiger partial charge in [-0.25, -0.2) is 4.98 Å². The summed E-state index contributed by atoms with van der Waals surface area (Å²) in [5.74, 6) is -0.257. The van der Waals surface area contributed by atoms with Crippen molar-refractivity contribution in [2.24, 2.45) is 5.73 Å². The number of ether oxygens (including phenoxy) is 1. The molecular formula is C24H23F3N4O2. The second-order valence-corrected chi connectivity index (χ2v) is 8.38. The summed E-state index contributed by atoms with van der Waals surface area (Å²) >= 11 is 0. The molecule has 0 fully saturated rings. The Morgan fingerprint density at radius 2 is 1.79 bits per heavy atom. The van der Waals surface area contributed by atoms with Gasteiger partial charge in [-0.3, -0.25) is 9.78 Å². The van der Waals surface area contributed by atoms with Crippen molar-refractivity contribution in [1.29, 1.82) is 0 Å². The van der Waals surface area contributed by atoms with Crippen molar-refractivity contribution in [1.82, 2.24) is 9.97 Å². The van der Waals surface area contributed by atoms with Crippen LogP contribution in [0.2, 0.25) is 0 Å². The number of anilines is 1. The van der Waals surface area contributed by atoms with E-state index in [2.05, 4.69) is 21.9 Å². The first-order valence-electron chi connectivity index (χ1n) is 9.91. The summed E-state index contributed by atoms with van der Waals surface area (Å²) in [4.78, 5) is 20.5. The summed E-state index contributed by atoms with van der Waals surface area (Å²) in [5.41, 5.74) is 6.69. The molecule has 0 atom stereocenters. The lowest BCUT2D eigenvalue weighted by Crippen LogP contribution is -2.16. The summed E-state index contributed by atoms with van der Waals surface area (Å²) in [6.07, 6.45) is -0.627. The molecule has 0 aliphatic carbocycles. The Labute approximate surface area is 189 Å². The predicted molar refractivity (Wildman–Crippen MR) is 120 cm³/mol. The van der Waals surface area contributed by atoms with Gasteiger partial charge in [0, 0.05) is 17.5 Å². The second kappa shape index (κ2) is 8.93. The first-order chi connectivity index (χ1) is 15.3. The lowest BCUT2D eigenvalue weighted by molar-refractivity contribution is -0.141. The summed E-state index contributed by atoms with van der Waals surface area (Å²) in [6.45, 7) is 9.61. The highest BCUT2D eigenvalue weighted by Crippen LogP contribution is 2.33. The molecule has 0 saturated carbocycles. The van der Waals surface area contributed by atoms with Crippen molar-refractivity contribution in [2.75, 3.05) is 5.32 Å². The van der Waals surface area contributed by atoms with Gasteiger partial charge in [-0.2, -0.15) is 13.2 Å². The van der Waals surface area contributed by atoms with Crippen LogP contribution in [0.15, 0.2) is 61.6 Å². The average Bonchev–Trinajstić information content (AvgIpc) is 2.73. The number of carbonyl (C=O) groups is 1. The smallest absolute Gasteiger partial charge is 0.433 e. The molecule has 0 unspecified atom stereocenters. The van der Waals surface area contributed by atoms with Crippen LogP contribution in [0.1, 0.15) is 48.0 Å². The second-order valence-electron chi connectivity index (χ2n) is 8.38. The number of hydrogen-bond donors (Lipinski definition) is 2. The minimum atomic E-state index is -4.56. The molecule has 0 radical (unpaired) electrons. The summed E-state index contributed by atoms with van der Waals surface area (Å²) in [6, 6.07) is 8.67. The fourth-order valence-corrected chi connectivity index (χ4v) is 2.88. The van der Waals surface area contributed by atoms with Crippen molar-refractivity contribution >= 4 is 17.3 Å². The summed E-state index contributed by atoms with van der Waals surface area (Å²) in [7, 11) is 0. The highest BCUT2D eigenvalue weighted by Gasteiger charge is 2.32. The quantitative estimate of drug-likeness (QED) is 0.509. The van der Waals surface area contributed by atoms with Crippen molar-refractivity contribution in [3.05, 3.63) is 84.0 Å². The highest BCUT2D eigenvalue weighted by molar-refractivity contribution is 6.06. The summed E-state index contributed by atoms with van der Waals surface area (Å²) < 4.78 is 44.2. The number of nitrogens with one attached hydrogen (secondary N) is 1. The van der Waals surface area contributed by atoms with Crippen LogP contribution in [0.3, 0.4) is 0 Å². The Hall–Kier alpha value is -3.88. The van der Waals surface area contributed by atoms with E-state index in [-0.39, 0.29) is 22.5 Å². The maximum absolute atomic E-state index is 13.0. The maximum Gasteiger partial charge on any atom is 0.433 e. The topological polar surface area (TPSA) is 90.1 Å². The number of amides is 1. The van der Waals surface area contributed by atoms with Gasteiger partial charge in [-0.15, -0.1) is 0 Å². The van der Waals surface area contributed by atoms with Crippen LogP contribution in [0.4, 0.5) is 18.9 Å². The van der Waals surface area contributed by atoms with E-state index in [0.29, 0.717) is 16.9 Å². The van der Waals surface area contributed by atoms with Crippen molar-refractivity contribution in [3.63, 3.8) is 0 Å². The molecule has 1 amide bonds. The largest absolute Gasteiger partial charge is 0.455 e. The number of pyridine rings is 2. The van der Waals surface area contributed by atoms with Gasteiger partial charge in [0.1, 0.15) is 17.2 Å². The Morgan fingerprint density at radius 1 is 1.06 bits per heavy atom. The van der Waals surface area contributed by atoms with Crippen LogP contribution in [-0.4, -0.2) is 15.9 Å². The third-order valence-electron chi connectivity index (χ3n) is 4.71. The number of nitrogens with zero attached hydrogens (tertiary/aromatic N) is 2. The van der Waals surface area contributed by atoms with Crippen molar-refractivity contribution < 1.29 is 22.7 Å². The van der Waals surface area contributed by atoms with Gasteiger partial charge in [0.15, 0.2) is 0 Å². The number of hydrogen-bond acceptors (Lipinski definition) is 5. The molecule has 1 aromatic carbocycles. The molecule has 9 heteroatoms.